The van der Waals surface area contributed by atoms with E-state index in [0.717, 1.165) is 12.8 Å². The molecule has 0 atom stereocenters. The van der Waals surface area contributed by atoms with Crippen molar-refractivity contribution in [3.63, 3.8) is 0 Å². The molecule has 1 saturated heterocycles. The van der Waals surface area contributed by atoms with Crippen LogP contribution < -0.4 is 0 Å². The molecule has 4 heteroatoms. The van der Waals surface area contributed by atoms with E-state index >= 15 is 0 Å². The normalized spacial score (nSPS) is 23.9. The molecule has 0 amide bonds. The Balaban J connectivity index is 2.68. The Kier molecular flexibility index (Phi) is 4.56. The predicted molar refractivity (Wildman–Crippen MR) is 71.2 cm³/mol. The van der Waals surface area contributed by atoms with E-state index in [2.05, 4.69) is 27.7 Å². The molecule has 1 aliphatic heterocycles. The summed E-state index contributed by atoms with van der Waals surface area (Å²) in [6.07, 6.45) is 5.00. The van der Waals surface area contributed by atoms with Gasteiger partial charge in [-0.2, -0.15) is 5.06 Å². The summed E-state index contributed by atoms with van der Waals surface area (Å²) in [6, 6.07) is 0. The van der Waals surface area contributed by atoms with E-state index < -0.39 is 5.97 Å². The topological polar surface area (TPSA) is 49.8 Å². The molecule has 0 aromatic carbocycles. The molecule has 1 fully saturated rings. The Morgan fingerprint density at radius 2 is 1.78 bits per heavy atom. The Hall–Kier alpha value is -0.870. The third kappa shape index (κ3) is 3.56. The van der Waals surface area contributed by atoms with Crippen molar-refractivity contribution >= 4 is 5.97 Å². The molecule has 1 rings (SSSR count). The Morgan fingerprint density at radius 1 is 1.28 bits per heavy atom. The maximum Gasteiger partial charge on any atom is 0.331 e. The average molecular weight is 255 g/mol. The number of hydrogen-bond donors (Lipinski definition) is 1. The second-order valence-electron chi connectivity index (χ2n) is 6.26. The van der Waals surface area contributed by atoms with Crippen LogP contribution in [0.2, 0.25) is 0 Å². The minimum atomic E-state index is -0.893. The second-order valence-corrected chi connectivity index (χ2v) is 6.26. The van der Waals surface area contributed by atoms with Gasteiger partial charge in [0, 0.05) is 16.7 Å². The van der Waals surface area contributed by atoms with E-state index in [9.17, 15) is 4.79 Å². The summed E-state index contributed by atoms with van der Waals surface area (Å²) >= 11 is 0. The van der Waals surface area contributed by atoms with E-state index in [0.29, 0.717) is 12.2 Å². The Labute approximate surface area is 110 Å². The van der Waals surface area contributed by atoms with Crippen LogP contribution >= 0.6 is 0 Å². The van der Waals surface area contributed by atoms with E-state index in [1.807, 2.05) is 5.06 Å². The molecule has 1 aliphatic rings. The molecule has 0 aliphatic carbocycles. The van der Waals surface area contributed by atoms with Gasteiger partial charge >= 0.3 is 5.97 Å². The fraction of sp³-hybridized carbons (Fsp3) is 0.786. The summed E-state index contributed by atoms with van der Waals surface area (Å²) < 4.78 is 0. The maximum absolute atomic E-state index is 10.7. The molecule has 0 unspecified atom stereocenters. The summed E-state index contributed by atoms with van der Waals surface area (Å²) in [6.45, 7) is 10.6. The van der Waals surface area contributed by atoms with Gasteiger partial charge in [-0.25, -0.2) is 4.79 Å². The van der Waals surface area contributed by atoms with E-state index in [1.165, 1.54) is 6.42 Å². The highest BCUT2D eigenvalue weighted by atomic mass is 16.7. The van der Waals surface area contributed by atoms with E-state index in [1.54, 1.807) is 13.0 Å². The standard InChI is InChI=1S/C14H25NO3/c1-11(12(16)17)7-10-18-15-13(2,3)8-6-9-14(15,4)5/h7H,6,8-10H2,1-5H3,(H,16,17). The molecular weight excluding hydrogens is 230 g/mol. The SMILES string of the molecule is CC(=CCON1C(C)(C)CCCC1(C)C)C(=O)O. The summed E-state index contributed by atoms with van der Waals surface area (Å²) in [7, 11) is 0. The van der Waals surface area contributed by atoms with Crippen molar-refractivity contribution in [1.82, 2.24) is 5.06 Å². The smallest absolute Gasteiger partial charge is 0.331 e. The van der Waals surface area contributed by atoms with Gasteiger partial charge in [0.05, 0.1) is 6.61 Å². The fourth-order valence-corrected chi connectivity index (χ4v) is 2.65. The Bertz CT molecular complexity index is 329. The number of aliphatic carboxylic acids is 1. The highest BCUT2D eigenvalue weighted by Crippen LogP contribution is 2.38. The molecule has 0 bridgehead atoms. The highest BCUT2D eigenvalue weighted by molar-refractivity contribution is 5.85. The van der Waals surface area contributed by atoms with Gasteiger partial charge in [-0.05, 0) is 60.0 Å². The summed E-state index contributed by atoms with van der Waals surface area (Å²) in [5.74, 6) is -0.893. The van der Waals surface area contributed by atoms with Gasteiger partial charge in [-0.15, -0.1) is 0 Å². The van der Waals surface area contributed by atoms with Gasteiger partial charge in [0.1, 0.15) is 0 Å². The lowest BCUT2D eigenvalue weighted by atomic mass is 9.82. The van der Waals surface area contributed by atoms with Crippen LogP contribution in [0.4, 0.5) is 0 Å². The van der Waals surface area contributed by atoms with Crippen molar-refractivity contribution in [2.75, 3.05) is 6.61 Å². The summed E-state index contributed by atoms with van der Waals surface area (Å²) in [5.41, 5.74) is 0.307. The molecule has 18 heavy (non-hydrogen) atoms. The maximum atomic E-state index is 10.7. The number of nitrogens with zero attached hydrogens (tertiary/aromatic N) is 1. The lowest BCUT2D eigenvalue weighted by Gasteiger charge is -2.51. The molecule has 0 aromatic heterocycles. The predicted octanol–water partition coefficient (Wildman–Crippen LogP) is 2.99. The first-order chi connectivity index (χ1) is 8.17. The average Bonchev–Trinajstić information content (AvgIpc) is 2.20. The van der Waals surface area contributed by atoms with Gasteiger partial charge in [-0.3, -0.25) is 4.84 Å². The minimum absolute atomic E-state index is 0.00722. The van der Waals surface area contributed by atoms with Crippen LogP contribution in [0, 0.1) is 0 Å². The first-order valence-electron chi connectivity index (χ1n) is 6.50. The highest BCUT2D eigenvalue weighted by Gasteiger charge is 2.42. The van der Waals surface area contributed by atoms with Crippen LogP contribution in [0.15, 0.2) is 11.6 Å². The third-order valence-electron chi connectivity index (χ3n) is 3.61. The van der Waals surface area contributed by atoms with Crippen LogP contribution in [0.1, 0.15) is 53.9 Å². The summed E-state index contributed by atoms with van der Waals surface area (Å²) in [5, 5.41) is 10.8. The first kappa shape index (κ1) is 15.2. The van der Waals surface area contributed by atoms with Gasteiger partial charge in [-0.1, -0.05) is 0 Å². The zero-order chi connectivity index (χ0) is 14.0. The van der Waals surface area contributed by atoms with Crippen molar-refractivity contribution in [1.29, 1.82) is 0 Å². The van der Waals surface area contributed by atoms with Crippen molar-refractivity contribution in [2.45, 2.75) is 65.0 Å². The van der Waals surface area contributed by atoms with Crippen LogP contribution in [0.25, 0.3) is 0 Å². The van der Waals surface area contributed by atoms with Crippen molar-refractivity contribution in [3.8, 4) is 0 Å². The molecule has 0 aromatic rings. The summed E-state index contributed by atoms with van der Waals surface area (Å²) in [4.78, 5) is 16.5. The number of rotatable bonds is 4. The van der Waals surface area contributed by atoms with Crippen LogP contribution in [-0.2, 0) is 9.63 Å². The number of piperidine rings is 1. The first-order valence-corrected chi connectivity index (χ1v) is 6.50. The van der Waals surface area contributed by atoms with Crippen molar-refractivity contribution < 1.29 is 14.7 Å². The number of carbonyl (C=O) groups is 1. The molecule has 0 saturated carbocycles. The number of hydroxylamine groups is 2. The fourth-order valence-electron chi connectivity index (χ4n) is 2.65. The molecule has 0 radical (unpaired) electrons. The van der Waals surface area contributed by atoms with Crippen molar-refractivity contribution in [2.24, 2.45) is 0 Å². The minimum Gasteiger partial charge on any atom is -0.478 e. The monoisotopic (exact) mass is 255 g/mol. The number of carboxylic acids is 1. The molecule has 1 N–H and O–H groups in total. The molecule has 0 spiro atoms. The van der Waals surface area contributed by atoms with Gasteiger partial charge < -0.3 is 5.11 Å². The van der Waals surface area contributed by atoms with E-state index in [4.69, 9.17) is 9.94 Å². The zero-order valence-corrected chi connectivity index (χ0v) is 12.1. The zero-order valence-electron chi connectivity index (χ0n) is 12.1. The molecular formula is C14H25NO3. The lowest BCUT2D eigenvalue weighted by molar-refractivity contribution is -0.274. The molecule has 104 valence electrons. The molecule has 4 nitrogen and oxygen atoms in total. The van der Waals surface area contributed by atoms with Gasteiger partial charge in [0.25, 0.3) is 0 Å². The quantitative estimate of drug-likeness (QED) is 0.785. The third-order valence-corrected chi connectivity index (χ3v) is 3.61. The van der Waals surface area contributed by atoms with Crippen LogP contribution in [0.3, 0.4) is 0 Å². The molecule has 1 heterocycles. The number of hydrogen-bond acceptors (Lipinski definition) is 3. The largest absolute Gasteiger partial charge is 0.478 e. The van der Waals surface area contributed by atoms with E-state index in [-0.39, 0.29) is 11.1 Å². The van der Waals surface area contributed by atoms with Crippen LogP contribution in [-0.4, -0.2) is 33.8 Å². The Morgan fingerprint density at radius 3 is 2.22 bits per heavy atom. The second kappa shape index (κ2) is 5.41. The number of carboxylic acid groups (broad SMARTS) is 1. The van der Waals surface area contributed by atoms with Gasteiger partial charge in [0.15, 0.2) is 0 Å². The van der Waals surface area contributed by atoms with Crippen LogP contribution in [0.5, 0.6) is 0 Å². The lowest BCUT2D eigenvalue weighted by Crippen LogP contribution is -2.58. The van der Waals surface area contributed by atoms with Gasteiger partial charge in [0.2, 0.25) is 0 Å². The van der Waals surface area contributed by atoms with Crippen molar-refractivity contribution in [3.05, 3.63) is 11.6 Å².